The van der Waals surface area contributed by atoms with E-state index < -0.39 is 58.1 Å². The van der Waals surface area contributed by atoms with E-state index in [1.165, 1.54) is 65.1 Å². The number of carbonyl (C=O) groups excluding carboxylic acids is 5. The van der Waals surface area contributed by atoms with Crippen molar-refractivity contribution in [2.24, 2.45) is 5.16 Å². The lowest BCUT2D eigenvalue weighted by molar-refractivity contribution is -0.153. The Bertz CT molecular complexity index is 2580. The van der Waals surface area contributed by atoms with E-state index in [0.29, 0.717) is 25.8 Å². The zero-order chi connectivity index (χ0) is 46.5. The fraction of sp³-hybridized carbons (Fsp3) is 0.390. The molecule has 2 aromatic carbocycles. The Hall–Kier alpha value is -5.91. The minimum absolute atomic E-state index is 0.00234. The Kier molecular flexibility index (Phi) is 14.8. The highest BCUT2D eigenvalue weighted by Gasteiger charge is 2.55. The van der Waals surface area contributed by atoms with Gasteiger partial charge in [-0.25, -0.2) is 14.4 Å². The number of nitrogens with one attached hydrogen (secondary N) is 1. The van der Waals surface area contributed by atoms with Crippen LogP contribution in [0.3, 0.4) is 0 Å². The van der Waals surface area contributed by atoms with Gasteiger partial charge in [0.05, 0.1) is 11.3 Å². The van der Waals surface area contributed by atoms with Crippen LogP contribution < -0.4 is 30.7 Å². The topological polar surface area (TPSA) is 246 Å². The molecule has 6 rings (SSSR count). The number of anilines is 1. The first-order valence-corrected chi connectivity index (χ1v) is 23.0. The predicted octanol–water partition coefficient (Wildman–Crippen LogP) is 6.26. The second kappa shape index (κ2) is 19.9. The highest BCUT2D eigenvalue weighted by Crippen LogP contribution is 2.43. The number of nitrogens with zero attached hydrogens (tertiary/aromatic N) is 4. The molecule has 2 aliphatic rings. The summed E-state index contributed by atoms with van der Waals surface area (Å²) < 4.78 is 37.4. The van der Waals surface area contributed by atoms with Gasteiger partial charge in [0.25, 0.3) is 11.8 Å². The van der Waals surface area contributed by atoms with Crippen LogP contribution in [0.4, 0.5) is 14.7 Å². The summed E-state index contributed by atoms with van der Waals surface area (Å²) in [7, 11) is 1.53. The third kappa shape index (κ3) is 11.8. The minimum atomic E-state index is -1.09. The van der Waals surface area contributed by atoms with Gasteiger partial charge < -0.3 is 44.3 Å². The number of fused-ring (bicyclic) bond motifs is 2. The van der Waals surface area contributed by atoms with Gasteiger partial charge in [0.15, 0.2) is 22.1 Å². The first-order valence-electron chi connectivity index (χ1n) is 19.4. The van der Waals surface area contributed by atoms with Gasteiger partial charge in [-0.15, -0.1) is 34.9 Å². The number of benzene rings is 2. The standard InChI is InChI=1S/C41H44N6O13S4/c1-9-56-45-29(32-44-37(42)64-46-32)33(49)43-30-34(50)47-31(36(51)55-17-20-10-12-22(54-8)13-11-20)21(19-62-35(30)47)18-61-28-15-24(48)23-14-25(57-38(52)59-40(2,3)4)26(16-27(23)63-28)58-39(53)60-41(5,6)7/h10-16,30,35H,9,17-19H2,1-8H3,(H,43,49)(H2,42,44,46)/b45-29-/t30?,35-/m1/s1. The van der Waals surface area contributed by atoms with Gasteiger partial charge in [0.2, 0.25) is 11.5 Å². The number of carbonyl (C=O) groups is 5. The molecule has 1 saturated heterocycles. The second-order valence-corrected chi connectivity index (χ2v) is 19.9. The van der Waals surface area contributed by atoms with Gasteiger partial charge in [-0.1, -0.05) is 17.3 Å². The summed E-state index contributed by atoms with van der Waals surface area (Å²) in [6.45, 7) is 11.6. The molecule has 0 bridgehead atoms. The number of methoxy groups -OCH3 is 1. The highest BCUT2D eigenvalue weighted by atomic mass is 32.2. The lowest BCUT2D eigenvalue weighted by atomic mass is 10.0. The molecule has 0 aliphatic carbocycles. The Morgan fingerprint density at radius 2 is 1.62 bits per heavy atom. The first kappa shape index (κ1) is 47.6. The zero-order valence-electron chi connectivity index (χ0n) is 35.8. The van der Waals surface area contributed by atoms with Crippen LogP contribution in [-0.4, -0.2) is 97.9 Å². The van der Waals surface area contributed by atoms with Crippen molar-refractivity contribution >= 4 is 97.4 Å². The fourth-order valence-corrected chi connectivity index (χ4v) is 9.98. The van der Waals surface area contributed by atoms with E-state index in [4.69, 9.17) is 39.0 Å². The average Bonchev–Trinajstić information content (AvgIpc) is 3.65. The quantitative estimate of drug-likeness (QED) is 0.0269. The van der Waals surface area contributed by atoms with Crippen LogP contribution in [0.25, 0.3) is 10.1 Å². The van der Waals surface area contributed by atoms with Crippen molar-refractivity contribution in [2.45, 2.75) is 81.9 Å². The number of β-lactam (4-membered cyclic amide) rings is 1. The van der Waals surface area contributed by atoms with Gasteiger partial charge in [0.1, 0.15) is 47.3 Å². The molecular formula is C41H44N6O13S4. The number of nitrogen functional groups attached to an aromatic ring is 1. The van der Waals surface area contributed by atoms with E-state index in [1.54, 1.807) is 72.7 Å². The average molecular weight is 957 g/mol. The van der Waals surface area contributed by atoms with Crippen LogP contribution >= 0.6 is 46.4 Å². The molecule has 2 aromatic heterocycles. The summed E-state index contributed by atoms with van der Waals surface area (Å²) >= 11 is 4.56. The molecule has 19 nitrogen and oxygen atoms in total. The van der Waals surface area contributed by atoms with Gasteiger partial charge in [-0.2, -0.15) is 9.36 Å². The number of aromatic nitrogens is 2. The third-order valence-electron chi connectivity index (χ3n) is 8.53. The molecule has 340 valence electrons. The number of oxime groups is 1. The lowest BCUT2D eigenvalue weighted by Gasteiger charge is -2.49. The summed E-state index contributed by atoms with van der Waals surface area (Å²) in [5, 5.41) is 6.09. The maximum atomic E-state index is 14.0. The van der Waals surface area contributed by atoms with Crippen LogP contribution in [0, 0.1) is 0 Å². The van der Waals surface area contributed by atoms with Crippen molar-refractivity contribution in [2.75, 3.05) is 31.0 Å². The summed E-state index contributed by atoms with van der Waals surface area (Å²) in [5.41, 5.74) is 4.39. The number of amides is 2. The maximum absolute atomic E-state index is 14.0. The van der Waals surface area contributed by atoms with E-state index in [9.17, 15) is 28.8 Å². The summed E-state index contributed by atoms with van der Waals surface area (Å²) in [6.07, 6.45) is -2.16. The Morgan fingerprint density at radius 3 is 2.22 bits per heavy atom. The van der Waals surface area contributed by atoms with Crippen molar-refractivity contribution < 1.29 is 57.2 Å². The van der Waals surface area contributed by atoms with Gasteiger partial charge in [0, 0.05) is 45.3 Å². The molecule has 23 heteroatoms. The van der Waals surface area contributed by atoms with Crippen LogP contribution in [0.1, 0.15) is 59.9 Å². The molecule has 1 unspecified atom stereocenters. The lowest BCUT2D eigenvalue weighted by Crippen LogP contribution is -2.71. The van der Waals surface area contributed by atoms with E-state index in [1.807, 2.05) is 0 Å². The van der Waals surface area contributed by atoms with E-state index in [2.05, 4.69) is 19.8 Å². The van der Waals surface area contributed by atoms with Crippen LogP contribution in [0.5, 0.6) is 17.2 Å². The molecule has 3 N–H and O–H groups in total. The first-order chi connectivity index (χ1) is 30.2. The largest absolute Gasteiger partial charge is 0.514 e. The molecule has 1 fully saturated rings. The van der Waals surface area contributed by atoms with Crippen molar-refractivity contribution in [1.29, 1.82) is 0 Å². The number of ether oxygens (including phenoxy) is 6. The fourth-order valence-electron chi connectivity index (χ4n) is 5.83. The van der Waals surface area contributed by atoms with Gasteiger partial charge >= 0.3 is 18.3 Å². The summed E-state index contributed by atoms with van der Waals surface area (Å²) in [5.74, 6) is -1.67. The molecule has 2 aliphatic heterocycles. The molecule has 4 heterocycles. The van der Waals surface area contributed by atoms with Crippen LogP contribution in [0.15, 0.2) is 67.9 Å². The number of rotatable bonds is 14. The van der Waals surface area contributed by atoms with Crippen LogP contribution in [0.2, 0.25) is 0 Å². The van der Waals surface area contributed by atoms with Crippen LogP contribution in [-0.2, 0) is 40.0 Å². The SMILES string of the molecule is CCO/N=C(\C(=O)NC1C(=O)N2C(C(=O)OCc3ccc(OC)cc3)=C(CSc3cc(=O)c4cc(OC(=O)OC(C)(C)C)c(OC(=O)OC(C)(C)C)cc4s3)CS[C@H]12)c1nsc(N)n1. The Labute approximate surface area is 383 Å². The molecule has 0 spiro atoms. The minimum Gasteiger partial charge on any atom is -0.497 e. The number of hydrogen-bond acceptors (Lipinski definition) is 21. The number of esters is 1. The summed E-state index contributed by atoms with van der Waals surface area (Å²) in [6, 6.07) is 9.90. The number of nitrogens with two attached hydrogens (primary N) is 1. The Morgan fingerprint density at radius 1 is 0.969 bits per heavy atom. The third-order valence-corrected chi connectivity index (χ3v) is 12.8. The van der Waals surface area contributed by atoms with Crippen molar-refractivity contribution in [3.05, 3.63) is 75.3 Å². The zero-order valence-corrected chi connectivity index (χ0v) is 39.1. The molecule has 4 aromatic rings. The molecular weight excluding hydrogens is 913 g/mol. The highest BCUT2D eigenvalue weighted by molar-refractivity contribution is 8.02. The van der Waals surface area contributed by atoms with Gasteiger partial charge in [-0.05, 0) is 77.8 Å². The molecule has 2 amide bonds. The smallest absolute Gasteiger partial charge is 0.497 e. The second-order valence-electron chi connectivity index (χ2n) is 15.7. The summed E-state index contributed by atoms with van der Waals surface area (Å²) in [4.78, 5) is 90.9. The number of hydrogen-bond donors (Lipinski definition) is 2. The normalized spacial score (nSPS) is 16.3. The van der Waals surface area contributed by atoms with E-state index in [0.717, 1.165) is 11.5 Å². The number of thioether (sulfide) groups is 2. The van der Waals surface area contributed by atoms with E-state index >= 15 is 0 Å². The van der Waals surface area contributed by atoms with E-state index in [-0.39, 0.29) is 64.0 Å². The Balaban J connectivity index is 1.28. The molecule has 2 atom stereocenters. The van der Waals surface area contributed by atoms with Crippen molar-refractivity contribution in [3.8, 4) is 17.2 Å². The monoisotopic (exact) mass is 956 g/mol. The predicted molar refractivity (Wildman–Crippen MR) is 240 cm³/mol. The molecule has 0 saturated carbocycles. The van der Waals surface area contributed by atoms with Crippen molar-refractivity contribution in [1.82, 2.24) is 19.6 Å². The maximum Gasteiger partial charge on any atom is 0.514 e. The molecule has 0 radical (unpaired) electrons. The van der Waals surface area contributed by atoms with Gasteiger partial charge in [-0.3, -0.25) is 19.3 Å². The molecule has 64 heavy (non-hydrogen) atoms. The van der Waals surface area contributed by atoms with Crippen molar-refractivity contribution in [3.63, 3.8) is 0 Å².